The maximum Gasteiger partial charge on any atom is 0.238 e. The van der Waals surface area contributed by atoms with Gasteiger partial charge in [-0.15, -0.1) is 0 Å². The van der Waals surface area contributed by atoms with E-state index >= 15 is 0 Å². The standard InChI is InChI=1S/C63H41N5/c1-4-19-42(20-5-1)45-25-16-27-48(39-45)55-41-47(37-38-59(55)67-56-34-13-10-29-51(56)52-30-11-14-35-57(52)67)46-26-17-28-49(40-46)62-64-61(44-23-8-3-9-24-44)65-63(66-62)68-58-36-15-12-31-53(58)54-33-18-32-50(60(54)68)43-21-6-2-7-22-43/h1-41H. The van der Waals surface area contributed by atoms with E-state index < -0.39 is 0 Å². The Morgan fingerprint density at radius 1 is 0.250 bits per heavy atom. The van der Waals surface area contributed by atoms with Crippen LogP contribution in [0.4, 0.5) is 0 Å². The summed E-state index contributed by atoms with van der Waals surface area (Å²) in [4.78, 5) is 15.9. The van der Waals surface area contributed by atoms with E-state index in [2.05, 4.69) is 240 Å². The molecule has 3 aromatic heterocycles. The highest BCUT2D eigenvalue weighted by Gasteiger charge is 2.22. The maximum atomic E-state index is 5.39. The Bertz CT molecular complexity index is 3970. The van der Waals surface area contributed by atoms with E-state index in [-0.39, 0.29) is 0 Å². The molecular formula is C63H41N5. The zero-order valence-corrected chi connectivity index (χ0v) is 36.9. The lowest BCUT2D eigenvalue weighted by Crippen LogP contribution is -2.07. The second kappa shape index (κ2) is 16.4. The van der Waals surface area contributed by atoms with Gasteiger partial charge >= 0.3 is 0 Å². The van der Waals surface area contributed by atoms with Gasteiger partial charge in [-0.1, -0.05) is 206 Å². The van der Waals surface area contributed by atoms with Crippen LogP contribution >= 0.6 is 0 Å². The summed E-state index contributed by atoms with van der Waals surface area (Å²) in [5.41, 5.74) is 16.3. The summed E-state index contributed by atoms with van der Waals surface area (Å²) in [6.07, 6.45) is 0. The van der Waals surface area contributed by atoms with Gasteiger partial charge in [0.25, 0.3) is 0 Å². The number of para-hydroxylation sites is 4. The van der Waals surface area contributed by atoms with Crippen molar-refractivity contribution in [3.05, 3.63) is 249 Å². The number of hydrogen-bond donors (Lipinski definition) is 0. The van der Waals surface area contributed by atoms with Crippen LogP contribution in [0.25, 0.3) is 123 Å². The lowest BCUT2D eigenvalue weighted by Gasteiger charge is -2.17. The number of rotatable bonds is 8. The Morgan fingerprint density at radius 3 is 1.35 bits per heavy atom. The van der Waals surface area contributed by atoms with Crippen LogP contribution in [-0.2, 0) is 0 Å². The van der Waals surface area contributed by atoms with Crippen LogP contribution < -0.4 is 0 Å². The first-order valence-corrected chi connectivity index (χ1v) is 23.0. The molecule has 0 spiro atoms. The van der Waals surface area contributed by atoms with Crippen LogP contribution in [0, 0.1) is 0 Å². The van der Waals surface area contributed by atoms with Crippen LogP contribution in [0.3, 0.4) is 0 Å². The Kier molecular flexibility index (Phi) is 9.43. The third kappa shape index (κ3) is 6.68. The van der Waals surface area contributed by atoms with Crippen LogP contribution in [0.5, 0.6) is 0 Å². The minimum Gasteiger partial charge on any atom is -0.309 e. The molecule has 0 aliphatic carbocycles. The van der Waals surface area contributed by atoms with Crippen molar-refractivity contribution < 1.29 is 0 Å². The van der Waals surface area contributed by atoms with Crippen molar-refractivity contribution >= 4 is 43.6 Å². The third-order valence-corrected chi connectivity index (χ3v) is 13.2. The van der Waals surface area contributed by atoms with Gasteiger partial charge in [-0.25, -0.2) is 4.98 Å². The van der Waals surface area contributed by atoms with Crippen molar-refractivity contribution in [3.63, 3.8) is 0 Å². The molecule has 0 aliphatic heterocycles. The van der Waals surface area contributed by atoms with E-state index in [1.807, 2.05) is 18.2 Å². The summed E-state index contributed by atoms with van der Waals surface area (Å²) >= 11 is 0. The number of aromatic nitrogens is 5. The number of hydrogen-bond acceptors (Lipinski definition) is 3. The molecule has 13 aromatic rings. The zero-order valence-electron chi connectivity index (χ0n) is 36.9. The summed E-state index contributed by atoms with van der Waals surface area (Å²) in [6.45, 7) is 0. The van der Waals surface area contributed by atoms with Gasteiger partial charge in [0.15, 0.2) is 11.6 Å². The second-order valence-electron chi connectivity index (χ2n) is 17.2. The molecular weight excluding hydrogens is 827 g/mol. The van der Waals surface area contributed by atoms with Gasteiger partial charge in [0.2, 0.25) is 5.95 Å². The smallest absolute Gasteiger partial charge is 0.238 e. The number of fused-ring (bicyclic) bond motifs is 6. The highest BCUT2D eigenvalue weighted by molar-refractivity contribution is 6.14. The van der Waals surface area contributed by atoms with Crippen LogP contribution in [0.15, 0.2) is 249 Å². The minimum atomic E-state index is 0.560. The molecule has 0 saturated carbocycles. The predicted octanol–water partition coefficient (Wildman–Crippen LogP) is 16.1. The molecule has 10 aromatic carbocycles. The first-order valence-electron chi connectivity index (χ1n) is 23.0. The van der Waals surface area contributed by atoms with Gasteiger partial charge in [0, 0.05) is 43.8 Å². The van der Waals surface area contributed by atoms with Crippen molar-refractivity contribution in [1.29, 1.82) is 0 Å². The molecule has 5 heteroatoms. The Labute approximate surface area is 393 Å². The Balaban J connectivity index is 1.01. The quantitative estimate of drug-likeness (QED) is 0.153. The molecule has 0 amide bonds. The molecule has 13 rings (SSSR count). The average Bonchev–Trinajstić information content (AvgIpc) is 3.95. The third-order valence-electron chi connectivity index (χ3n) is 13.2. The fraction of sp³-hybridized carbons (Fsp3) is 0. The van der Waals surface area contributed by atoms with E-state index in [0.29, 0.717) is 17.6 Å². The van der Waals surface area contributed by atoms with Gasteiger partial charge in [-0.05, 0) is 75.8 Å². The first kappa shape index (κ1) is 39.2. The molecule has 68 heavy (non-hydrogen) atoms. The van der Waals surface area contributed by atoms with Gasteiger partial charge in [-0.3, -0.25) is 4.57 Å². The fourth-order valence-corrected chi connectivity index (χ4v) is 10.0. The van der Waals surface area contributed by atoms with Crippen LogP contribution in [0.1, 0.15) is 0 Å². The fourth-order valence-electron chi connectivity index (χ4n) is 10.0. The van der Waals surface area contributed by atoms with Crippen LogP contribution in [0.2, 0.25) is 0 Å². The SMILES string of the molecule is c1ccc(-c2cccc(-c3cc(-c4cccc(-c5nc(-c6ccccc6)nc(-n6c7ccccc7c7cccc(-c8ccccc8)c76)n5)c4)ccc3-n3c4ccccc4c4ccccc43)c2)cc1. The first-order chi connectivity index (χ1) is 33.7. The Morgan fingerprint density at radius 2 is 0.691 bits per heavy atom. The molecule has 0 unspecified atom stereocenters. The van der Waals surface area contributed by atoms with Crippen molar-refractivity contribution in [1.82, 2.24) is 24.1 Å². The summed E-state index contributed by atoms with van der Waals surface area (Å²) in [5, 5.41) is 4.74. The van der Waals surface area contributed by atoms with E-state index in [0.717, 1.165) is 72.0 Å². The summed E-state index contributed by atoms with van der Waals surface area (Å²) in [5.74, 6) is 1.76. The summed E-state index contributed by atoms with van der Waals surface area (Å²) in [7, 11) is 0. The average molecular weight is 868 g/mol. The number of benzene rings is 10. The van der Waals surface area contributed by atoms with E-state index in [1.165, 1.54) is 32.9 Å². The molecule has 0 aliphatic rings. The zero-order chi connectivity index (χ0) is 45.0. The van der Waals surface area contributed by atoms with Crippen molar-refractivity contribution in [2.75, 3.05) is 0 Å². The van der Waals surface area contributed by atoms with E-state index in [4.69, 9.17) is 15.0 Å². The van der Waals surface area contributed by atoms with Crippen molar-refractivity contribution in [3.8, 4) is 78.9 Å². The normalized spacial score (nSPS) is 11.5. The summed E-state index contributed by atoms with van der Waals surface area (Å²) in [6, 6.07) is 88.3. The van der Waals surface area contributed by atoms with E-state index in [9.17, 15) is 0 Å². The van der Waals surface area contributed by atoms with E-state index in [1.54, 1.807) is 0 Å². The topological polar surface area (TPSA) is 48.5 Å². The number of nitrogens with zero attached hydrogens (tertiary/aromatic N) is 5. The highest BCUT2D eigenvalue weighted by atomic mass is 15.2. The van der Waals surface area contributed by atoms with Gasteiger partial charge in [0.05, 0.1) is 27.8 Å². The van der Waals surface area contributed by atoms with Gasteiger partial charge in [-0.2, -0.15) is 9.97 Å². The lowest BCUT2D eigenvalue weighted by molar-refractivity contribution is 0.954. The largest absolute Gasteiger partial charge is 0.309 e. The molecule has 5 nitrogen and oxygen atoms in total. The second-order valence-corrected chi connectivity index (χ2v) is 17.2. The minimum absolute atomic E-state index is 0.560. The molecule has 3 heterocycles. The van der Waals surface area contributed by atoms with Crippen molar-refractivity contribution in [2.24, 2.45) is 0 Å². The highest BCUT2D eigenvalue weighted by Crippen LogP contribution is 2.41. The molecule has 0 N–H and O–H groups in total. The molecule has 0 bridgehead atoms. The molecule has 0 radical (unpaired) electrons. The Hall–Kier alpha value is -9.19. The molecule has 0 atom stereocenters. The maximum absolute atomic E-state index is 5.39. The molecule has 0 saturated heterocycles. The van der Waals surface area contributed by atoms with Gasteiger partial charge in [0.1, 0.15) is 0 Å². The summed E-state index contributed by atoms with van der Waals surface area (Å²) < 4.78 is 4.64. The van der Waals surface area contributed by atoms with Crippen molar-refractivity contribution in [2.45, 2.75) is 0 Å². The monoisotopic (exact) mass is 867 g/mol. The predicted molar refractivity (Wildman–Crippen MR) is 281 cm³/mol. The van der Waals surface area contributed by atoms with Crippen LogP contribution in [-0.4, -0.2) is 24.1 Å². The lowest BCUT2D eigenvalue weighted by atomic mass is 9.94. The molecule has 318 valence electrons. The van der Waals surface area contributed by atoms with Gasteiger partial charge < -0.3 is 4.57 Å². The molecule has 0 fully saturated rings.